The van der Waals surface area contributed by atoms with Gasteiger partial charge in [-0.1, -0.05) is 17.7 Å². The molecule has 0 bridgehead atoms. The smallest absolute Gasteiger partial charge is 0.243 e. The van der Waals surface area contributed by atoms with E-state index in [1.807, 2.05) is 54.6 Å². The third-order valence-corrected chi connectivity index (χ3v) is 7.23. The van der Waals surface area contributed by atoms with Crippen LogP contribution in [0.1, 0.15) is 11.1 Å². The molecule has 1 fully saturated rings. The molecule has 1 saturated heterocycles. The van der Waals surface area contributed by atoms with Crippen LogP contribution in [-0.2, 0) is 23.7 Å². The van der Waals surface area contributed by atoms with Crippen molar-refractivity contribution in [1.29, 1.82) is 0 Å². The number of aryl methyl sites for hydroxylation is 3. The molecule has 1 aromatic carbocycles. The van der Waals surface area contributed by atoms with E-state index in [0.717, 1.165) is 15.9 Å². The number of rotatable bonds is 4. The second-order valence-electron chi connectivity index (χ2n) is 6.59. The van der Waals surface area contributed by atoms with E-state index in [9.17, 15) is 8.42 Å². The van der Waals surface area contributed by atoms with E-state index in [1.165, 1.54) is 0 Å². The van der Waals surface area contributed by atoms with Crippen LogP contribution in [0.15, 0.2) is 35.5 Å². The fourth-order valence-electron chi connectivity index (χ4n) is 3.17. The number of imidazole rings is 1. The summed E-state index contributed by atoms with van der Waals surface area (Å²) in [6.45, 7) is 6.90. The zero-order valence-electron chi connectivity index (χ0n) is 14.8. The summed E-state index contributed by atoms with van der Waals surface area (Å²) in [7, 11) is -1.51. The van der Waals surface area contributed by atoms with Crippen LogP contribution in [0.2, 0.25) is 0 Å². The van der Waals surface area contributed by atoms with Crippen molar-refractivity contribution in [3.63, 3.8) is 0 Å². The van der Waals surface area contributed by atoms with Crippen LogP contribution in [0.4, 0.5) is 0 Å². The predicted octanol–water partition coefficient (Wildman–Crippen LogP) is 2.14. The largest absolute Gasteiger partial charge is 0.327 e. The Morgan fingerprint density at radius 3 is 2.32 bits per heavy atom. The van der Waals surface area contributed by atoms with Crippen LogP contribution in [0, 0.1) is 18.6 Å². The van der Waals surface area contributed by atoms with E-state index in [1.54, 1.807) is 10.4 Å². The zero-order valence-corrected chi connectivity index (χ0v) is 16.5. The van der Waals surface area contributed by atoms with Crippen molar-refractivity contribution in [2.75, 3.05) is 26.2 Å². The molecule has 8 heteroatoms. The molecule has 3 rings (SSSR count). The van der Waals surface area contributed by atoms with Gasteiger partial charge in [-0.05, 0) is 37.7 Å². The lowest BCUT2D eigenvalue weighted by Crippen LogP contribution is -2.48. The highest BCUT2D eigenvalue weighted by atomic mass is 32.2. The standard InChI is InChI=1S/C17H24N4O2S2/c1-14-4-5-16(15(2)12-14)25(22,23)21-10-7-19(8-11-21)13-20-9-6-18(3)17(20)24/h4-6,9,12H,7-8,10-11,13H2,1-3H3. The van der Waals surface area contributed by atoms with E-state index in [0.29, 0.717) is 37.7 Å². The summed E-state index contributed by atoms with van der Waals surface area (Å²) in [6.07, 6.45) is 3.89. The monoisotopic (exact) mass is 380 g/mol. The molecule has 0 aliphatic carbocycles. The molecular weight excluding hydrogens is 356 g/mol. The van der Waals surface area contributed by atoms with Gasteiger partial charge in [-0.15, -0.1) is 0 Å². The summed E-state index contributed by atoms with van der Waals surface area (Å²) in [5, 5.41) is 0. The number of aromatic nitrogens is 2. The van der Waals surface area contributed by atoms with E-state index in [2.05, 4.69) is 4.90 Å². The molecule has 0 N–H and O–H groups in total. The summed E-state index contributed by atoms with van der Waals surface area (Å²) in [6, 6.07) is 5.49. The summed E-state index contributed by atoms with van der Waals surface area (Å²) in [5.74, 6) is 0. The average Bonchev–Trinajstić information content (AvgIpc) is 2.87. The van der Waals surface area contributed by atoms with Crippen molar-refractivity contribution in [1.82, 2.24) is 18.3 Å². The molecule has 1 aliphatic rings. The van der Waals surface area contributed by atoms with Crippen LogP contribution in [0.5, 0.6) is 0 Å². The molecule has 25 heavy (non-hydrogen) atoms. The lowest BCUT2D eigenvalue weighted by molar-refractivity contribution is 0.151. The first-order valence-corrected chi connectivity index (χ1v) is 10.2. The molecule has 2 heterocycles. The van der Waals surface area contributed by atoms with Crippen LogP contribution in [-0.4, -0.2) is 52.9 Å². The van der Waals surface area contributed by atoms with Crippen LogP contribution in [0.25, 0.3) is 0 Å². The molecule has 1 aromatic heterocycles. The fourth-order valence-corrected chi connectivity index (χ4v) is 4.98. The van der Waals surface area contributed by atoms with Crippen molar-refractivity contribution < 1.29 is 8.42 Å². The van der Waals surface area contributed by atoms with Gasteiger partial charge in [0.2, 0.25) is 10.0 Å². The molecule has 0 atom stereocenters. The molecule has 6 nitrogen and oxygen atoms in total. The number of hydrogen-bond acceptors (Lipinski definition) is 4. The molecule has 136 valence electrons. The highest BCUT2D eigenvalue weighted by Gasteiger charge is 2.29. The topological polar surface area (TPSA) is 50.5 Å². The maximum Gasteiger partial charge on any atom is 0.243 e. The average molecular weight is 381 g/mol. The highest BCUT2D eigenvalue weighted by Crippen LogP contribution is 2.22. The highest BCUT2D eigenvalue weighted by molar-refractivity contribution is 7.89. The lowest BCUT2D eigenvalue weighted by Gasteiger charge is -2.34. The minimum absolute atomic E-state index is 0.414. The van der Waals surface area contributed by atoms with Gasteiger partial charge in [0.05, 0.1) is 11.6 Å². The van der Waals surface area contributed by atoms with Gasteiger partial charge in [-0.3, -0.25) is 4.90 Å². The van der Waals surface area contributed by atoms with Crippen LogP contribution in [0.3, 0.4) is 0 Å². The minimum Gasteiger partial charge on any atom is -0.327 e. The first-order chi connectivity index (χ1) is 11.8. The third kappa shape index (κ3) is 3.72. The Hall–Kier alpha value is -1.48. The number of nitrogens with zero attached hydrogens (tertiary/aromatic N) is 4. The summed E-state index contributed by atoms with van der Waals surface area (Å²) < 4.78 is 32.1. The van der Waals surface area contributed by atoms with Crippen molar-refractivity contribution in [3.8, 4) is 0 Å². The van der Waals surface area contributed by atoms with Gasteiger partial charge in [-0.25, -0.2) is 8.42 Å². The van der Waals surface area contributed by atoms with Gasteiger partial charge >= 0.3 is 0 Å². The molecule has 0 radical (unpaired) electrons. The summed E-state index contributed by atoms with van der Waals surface area (Å²) in [4.78, 5) is 2.64. The molecule has 1 aliphatic heterocycles. The molecule has 0 amide bonds. The summed E-state index contributed by atoms with van der Waals surface area (Å²) >= 11 is 5.36. The Kier molecular flexibility index (Phi) is 5.15. The van der Waals surface area contributed by atoms with Gasteiger partial charge < -0.3 is 9.13 Å². The second kappa shape index (κ2) is 7.03. The predicted molar refractivity (Wildman–Crippen MR) is 100 cm³/mol. The van der Waals surface area contributed by atoms with Gasteiger partial charge in [0.15, 0.2) is 4.77 Å². The normalized spacial score (nSPS) is 17.1. The Labute approximate surface area is 154 Å². The fraction of sp³-hybridized carbons (Fsp3) is 0.471. The lowest BCUT2D eigenvalue weighted by atomic mass is 10.2. The number of sulfonamides is 1. The van der Waals surface area contributed by atoms with Crippen molar-refractivity contribution in [2.45, 2.75) is 25.4 Å². The van der Waals surface area contributed by atoms with Gasteiger partial charge in [0.25, 0.3) is 0 Å². The number of benzene rings is 1. The van der Waals surface area contributed by atoms with Gasteiger partial charge in [0.1, 0.15) is 0 Å². The molecule has 2 aromatic rings. The van der Waals surface area contributed by atoms with Gasteiger partial charge in [0, 0.05) is 45.6 Å². The first-order valence-electron chi connectivity index (χ1n) is 8.30. The van der Waals surface area contributed by atoms with E-state index in [4.69, 9.17) is 12.2 Å². The minimum atomic E-state index is -3.43. The van der Waals surface area contributed by atoms with Crippen molar-refractivity contribution in [2.24, 2.45) is 7.05 Å². The third-order valence-electron chi connectivity index (χ3n) is 4.65. The van der Waals surface area contributed by atoms with Gasteiger partial charge in [-0.2, -0.15) is 4.31 Å². The SMILES string of the molecule is Cc1ccc(S(=O)(=O)N2CCN(Cn3ccn(C)c3=S)CC2)c(C)c1. The Morgan fingerprint density at radius 2 is 1.76 bits per heavy atom. The molecule has 0 spiro atoms. The molecule has 0 saturated carbocycles. The Bertz CT molecular complexity index is 922. The maximum atomic E-state index is 12.9. The Morgan fingerprint density at radius 1 is 1.08 bits per heavy atom. The number of piperazine rings is 1. The van der Waals surface area contributed by atoms with E-state index in [-0.39, 0.29) is 0 Å². The molecule has 0 unspecified atom stereocenters. The van der Waals surface area contributed by atoms with Crippen molar-refractivity contribution in [3.05, 3.63) is 46.5 Å². The summed E-state index contributed by atoms with van der Waals surface area (Å²) in [5.41, 5.74) is 1.87. The van der Waals surface area contributed by atoms with Crippen molar-refractivity contribution >= 4 is 22.2 Å². The van der Waals surface area contributed by atoms with Crippen LogP contribution < -0.4 is 0 Å². The Balaban J connectivity index is 1.69. The van der Waals surface area contributed by atoms with E-state index >= 15 is 0 Å². The number of hydrogen-bond donors (Lipinski definition) is 0. The van der Waals surface area contributed by atoms with Crippen LogP contribution >= 0.6 is 12.2 Å². The molecular formula is C17H24N4O2S2. The quantitative estimate of drug-likeness (QED) is 0.763. The first kappa shape index (κ1) is 18.3. The van der Waals surface area contributed by atoms with E-state index < -0.39 is 10.0 Å². The second-order valence-corrected chi connectivity index (χ2v) is 8.87. The maximum absolute atomic E-state index is 12.9. The zero-order chi connectivity index (χ0) is 18.2.